The number of nitrogens with two attached hydrogens (primary N) is 1. The van der Waals surface area contributed by atoms with Crippen molar-refractivity contribution >= 4 is 11.6 Å². The van der Waals surface area contributed by atoms with E-state index < -0.39 is 5.91 Å². The SMILES string of the molecule is NC(=O)c1cnc(-c2ccc3nccn3c2)nc1. The molecule has 0 unspecified atom stereocenters. The minimum atomic E-state index is -0.536. The van der Waals surface area contributed by atoms with E-state index in [-0.39, 0.29) is 0 Å². The molecule has 0 spiro atoms. The van der Waals surface area contributed by atoms with Gasteiger partial charge in [0.1, 0.15) is 5.65 Å². The summed E-state index contributed by atoms with van der Waals surface area (Å²) in [5.41, 5.74) is 7.12. The second kappa shape index (κ2) is 3.92. The molecule has 0 atom stereocenters. The van der Waals surface area contributed by atoms with Crippen molar-refractivity contribution in [2.45, 2.75) is 0 Å². The van der Waals surface area contributed by atoms with Crippen LogP contribution in [0.5, 0.6) is 0 Å². The predicted molar refractivity (Wildman–Crippen MR) is 64.7 cm³/mol. The molecule has 2 N–H and O–H groups in total. The summed E-state index contributed by atoms with van der Waals surface area (Å²) < 4.78 is 1.88. The molecule has 6 nitrogen and oxygen atoms in total. The number of rotatable bonds is 2. The van der Waals surface area contributed by atoms with Crippen LogP contribution in [-0.4, -0.2) is 25.3 Å². The maximum atomic E-state index is 10.9. The van der Waals surface area contributed by atoms with Crippen molar-refractivity contribution in [3.8, 4) is 11.4 Å². The van der Waals surface area contributed by atoms with Crippen molar-refractivity contribution in [3.05, 3.63) is 48.7 Å². The number of primary amides is 1. The van der Waals surface area contributed by atoms with Crippen molar-refractivity contribution in [1.29, 1.82) is 0 Å². The molecule has 0 saturated heterocycles. The average molecular weight is 239 g/mol. The lowest BCUT2D eigenvalue weighted by Gasteiger charge is -2.01. The van der Waals surface area contributed by atoms with E-state index in [1.165, 1.54) is 12.4 Å². The zero-order valence-electron chi connectivity index (χ0n) is 9.32. The molecule has 88 valence electrons. The number of hydrogen-bond acceptors (Lipinski definition) is 4. The van der Waals surface area contributed by atoms with Crippen molar-refractivity contribution in [1.82, 2.24) is 19.4 Å². The van der Waals surface area contributed by atoms with Crippen LogP contribution >= 0.6 is 0 Å². The summed E-state index contributed by atoms with van der Waals surface area (Å²) in [6.45, 7) is 0. The van der Waals surface area contributed by atoms with E-state index in [0.717, 1.165) is 11.2 Å². The Bertz CT molecular complexity index is 717. The number of imidazole rings is 1. The molecular formula is C12H9N5O. The van der Waals surface area contributed by atoms with Gasteiger partial charge < -0.3 is 10.1 Å². The fourth-order valence-corrected chi connectivity index (χ4v) is 1.66. The number of aromatic nitrogens is 4. The van der Waals surface area contributed by atoms with Gasteiger partial charge in [-0.2, -0.15) is 0 Å². The van der Waals surface area contributed by atoms with E-state index in [2.05, 4.69) is 15.0 Å². The minimum absolute atomic E-state index is 0.294. The van der Waals surface area contributed by atoms with Gasteiger partial charge in [-0.1, -0.05) is 0 Å². The molecule has 0 bridgehead atoms. The molecule has 3 aromatic rings. The molecule has 0 saturated carbocycles. The van der Waals surface area contributed by atoms with Gasteiger partial charge in [-0.25, -0.2) is 15.0 Å². The second-order valence-corrected chi connectivity index (χ2v) is 3.77. The van der Waals surface area contributed by atoms with Crippen LogP contribution in [0.15, 0.2) is 43.1 Å². The number of nitrogens with zero attached hydrogens (tertiary/aromatic N) is 4. The van der Waals surface area contributed by atoms with E-state index in [1.807, 2.05) is 28.9 Å². The highest BCUT2D eigenvalue weighted by molar-refractivity contribution is 5.92. The molecule has 0 aliphatic rings. The summed E-state index contributed by atoms with van der Waals surface area (Å²) in [5, 5.41) is 0. The van der Waals surface area contributed by atoms with Crippen LogP contribution in [0.2, 0.25) is 0 Å². The highest BCUT2D eigenvalue weighted by Crippen LogP contribution is 2.15. The number of carbonyl (C=O) groups is 1. The summed E-state index contributed by atoms with van der Waals surface area (Å²) in [4.78, 5) is 23.3. The quantitative estimate of drug-likeness (QED) is 0.719. The lowest BCUT2D eigenvalue weighted by atomic mass is 10.2. The molecule has 0 aliphatic carbocycles. The Labute approximate surface area is 102 Å². The van der Waals surface area contributed by atoms with E-state index in [4.69, 9.17) is 5.73 Å². The third-order valence-corrected chi connectivity index (χ3v) is 2.58. The first kappa shape index (κ1) is 10.4. The molecule has 3 heterocycles. The molecule has 6 heteroatoms. The largest absolute Gasteiger partial charge is 0.366 e. The smallest absolute Gasteiger partial charge is 0.251 e. The second-order valence-electron chi connectivity index (χ2n) is 3.77. The number of pyridine rings is 1. The van der Waals surface area contributed by atoms with Crippen molar-refractivity contribution < 1.29 is 4.79 Å². The highest BCUT2D eigenvalue weighted by atomic mass is 16.1. The molecule has 3 aromatic heterocycles. The number of carbonyl (C=O) groups excluding carboxylic acids is 1. The third-order valence-electron chi connectivity index (χ3n) is 2.58. The van der Waals surface area contributed by atoms with Gasteiger partial charge >= 0.3 is 0 Å². The molecule has 0 aliphatic heterocycles. The van der Waals surface area contributed by atoms with E-state index in [1.54, 1.807) is 6.20 Å². The monoisotopic (exact) mass is 239 g/mol. The molecule has 18 heavy (non-hydrogen) atoms. The van der Waals surface area contributed by atoms with Gasteiger partial charge in [-0.15, -0.1) is 0 Å². The fraction of sp³-hybridized carbons (Fsp3) is 0. The van der Waals surface area contributed by atoms with E-state index in [9.17, 15) is 4.79 Å². The molecular weight excluding hydrogens is 230 g/mol. The first-order valence-electron chi connectivity index (χ1n) is 5.29. The number of amides is 1. The van der Waals surface area contributed by atoms with E-state index in [0.29, 0.717) is 11.4 Å². The first-order valence-corrected chi connectivity index (χ1v) is 5.29. The predicted octanol–water partition coefficient (Wildman–Crippen LogP) is 0.890. The Morgan fingerprint density at radius 2 is 1.94 bits per heavy atom. The summed E-state index contributed by atoms with van der Waals surface area (Å²) in [6.07, 6.45) is 8.28. The standard InChI is InChI=1S/C12H9N5O/c13-11(18)9-5-15-12(16-6-9)8-1-2-10-14-3-4-17(10)7-8/h1-7H,(H2,13,18). The van der Waals surface area contributed by atoms with Gasteiger partial charge in [-0.05, 0) is 12.1 Å². The summed E-state index contributed by atoms with van der Waals surface area (Å²) >= 11 is 0. The molecule has 0 fully saturated rings. The van der Waals surface area contributed by atoms with Gasteiger partial charge in [0.25, 0.3) is 5.91 Å². The van der Waals surface area contributed by atoms with Crippen LogP contribution in [0.3, 0.4) is 0 Å². The normalized spacial score (nSPS) is 10.7. The Hall–Kier alpha value is -2.76. The van der Waals surface area contributed by atoms with Crippen LogP contribution in [0, 0.1) is 0 Å². The average Bonchev–Trinajstić information content (AvgIpc) is 2.86. The van der Waals surface area contributed by atoms with Crippen LogP contribution in [0.4, 0.5) is 0 Å². The van der Waals surface area contributed by atoms with Gasteiger partial charge in [0.05, 0.1) is 5.56 Å². The first-order chi connectivity index (χ1) is 8.74. The van der Waals surface area contributed by atoms with Crippen LogP contribution in [-0.2, 0) is 0 Å². The summed E-state index contributed by atoms with van der Waals surface area (Å²) in [6, 6.07) is 3.75. The van der Waals surface area contributed by atoms with Gasteiger partial charge in [0.15, 0.2) is 5.82 Å². The Morgan fingerprint density at radius 1 is 1.17 bits per heavy atom. The van der Waals surface area contributed by atoms with Gasteiger partial charge in [0.2, 0.25) is 0 Å². The summed E-state index contributed by atoms with van der Waals surface area (Å²) in [5.74, 6) is 0.00205. The van der Waals surface area contributed by atoms with Crippen LogP contribution < -0.4 is 5.73 Å². The Balaban J connectivity index is 2.05. The Kier molecular flexibility index (Phi) is 2.26. The summed E-state index contributed by atoms with van der Waals surface area (Å²) in [7, 11) is 0. The highest BCUT2D eigenvalue weighted by Gasteiger charge is 2.05. The maximum Gasteiger partial charge on any atom is 0.251 e. The minimum Gasteiger partial charge on any atom is -0.366 e. The number of fused-ring (bicyclic) bond motifs is 1. The van der Waals surface area contributed by atoms with Gasteiger partial charge in [-0.3, -0.25) is 4.79 Å². The van der Waals surface area contributed by atoms with Crippen LogP contribution in [0.1, 0.15) is 10.4 Å². The zero-order chi connectivity index (χ0) is 12.5. The van der Waals surface area contributed by atoms with Crippen molar-refractivity contribution in [2.24, 2.45) is 5.73 Å². The van der Waals surface area contributed by atoms with Crippen molar-refractivity contribution in [3.63, 3.8) is 0 Å². The zero-order valence-corrected chi connectivity index (χ0v) is 9.32. The Morgan fingerprint density at radius 3 is 2.67 bits per heavy atom. The third kappa shape index (κ3) is 1.69. The van der Waals surface area contributed by atoms with Gasteiger partial charge in [0, 0.05) is 36.5 Å². The van der Waals surface area contributed by atoms with Crippen LogP contribution in [0.25, 0.3) is 17.0 Å². The lowest BCUT2D eigenvalue weighted by molar-refractivity contribution is 0.0999. The van der Waals surface area contributed by atoms with Crippen molar-refractivity contribution in [2.75, 3.05) is 0 Å². The lowest BCUT2D eigenvalue weighted by Crippen LogP contribution is -2.11. The molecule has 1 amide bonds. The molecule has 3 rings (SSSR count). The van der Waals surface area contributed by atoms with E-state index >= 15 is 0 Å². The number of hydrogen-bond donors (Lipinski definition) is 1. The topological polar surface area (TPSA) is 86.2 Å². The molecule has 0 radical (unpaired) electrons. The maximum absolute atomic E-state index is 10.9. The molecule has 0 aromatic carbocycles. The fourth-order valence-electron chi connectivity index (χ4n) is 1.66.